The van der Waals surface area contributed by atoms with E-state index in [1.165, 1.54) is 25.3 Å². The number of aromatic hydroxyl groups is 1. The van der Waals surface area contributed by atoms with Gasteiger partial charge in [0.15, 0.2) is 5.75 Å². The lowest BCUT2D eigenvalue weighted by atomic mass is 10.2. The largest absolute Gasteiger partial charge is 0.505 e. The average molecular weight is 268 g/mol. The molecule has 4 N–H and O–H groups in total. The van der Waals surface area contributed by atoms with Gasteiger partial charge in [-0.05, 0) is 12.1 Å². The van der Waals surface area contributed by atoms with Gasteiger partial charge in [0, 0.05) is 0 Å². The lowest BCUT2D eigenvalue weighted by molar-refractivity contribution is -0.139. The summed E-state index contributed by atoms with van der Waals surface area (Å²) in [6.45, 7) is -0.346. The van der Waals surface area contributed by atoms with Gasteiger partial charge in [-0.1, -0.05) is 6.07 Å². The maximum atomic E-state index is 11.4. The molecular weight excluding hydrogens is 256 g/mol. The predicted molar refractivity (Wildman–Crippen MR) is 64.1 cm³/mol. The molecule has 0 aliphatic carbocycles. The molecule has 1 rings (SSSR count). The number of hydrogen-bond donors (Lipinski definition) is 4. The fourth-order valence-electron chi connectivity index (χ4n) is 1.21. The number of ether oxygens (including phenoxy) is 1. The second-order valence-corrected chi connectivity index (χ2v) is 3.39. The quantitative estimate of drug-likeness (QED) is 0.462. The molecular formula is C11H12N2O6. The molecule has 0 fully saturated rings. The molecule has 8 heteroatoms. The van der Waals surface area contributed by atoms with Crippen molar-refractivity contribution >= 4 is 23.7 Å². The number of nitrogens with one attached hydrogen (secondary N) is 2. The van der Waals surface area contributed by atoms with Crippen LogP contribution in [-0.4, -0.2) is 41.8 Å². The number of benzene rings is 1. The third kappa shape index (κ3) is 3.87. The first kappa shape index (κ1) is 14.3. The second kappa shape index (κ2) is 6.24. The topological polar surface area (TPSA) is 125 Å². The maximum Gasteiger partial charge on any atom is 0.339 e. The van der Waals surface area contributed by atoms with E-state index in [0.717, 1.165) is 0 Å². The van der Waals surface area contributed by atoms with Crippen molar-refractivity contribution in [3.63, 3.8) is 0 Å². The molecule has 1 aromatic rings. The molecule has 0 bridgehead atoms. The SMILES string of the molecule is COC(=O)CNC(=O)Nc1cccc(C(=O)O)c1O. The number of para-hydroxylation sites is 1. The number of methoxy groups -OCH3 is 1. The van der Waals surface area contributed by atoms with E-state index in [-0.39, 0.29) is 17.8 Å². The van der Waals surface area contributed by atoms with E-state index >= 15 is 0 Å². The van der Waals surface area contributed by atoms with Crippen LogP contribution < -0.4 is 10.6 Å². The highest BCUT2D eigenvalue weighted by molar-refractivity contribution is 5.97. The van der Waals surface area contributed by atoms with Crippen molar-refractivity contribution in [3.05, 3.63) is 23.8 Å². The van der Waals surface area contributed by atoms with Crippen molar-refractivity contribution < 1.29 is 29.3 Å². The van der Waals surface area contributed by atoms with Crippen molar-refractivity contribution in [1.82, 2.24) is 5.32 Å². The summed E-state index contributed by atoms with van der Waals surface area (Å²) in [5.74, 6) is -2.53. The highest BCUT2D eigenvalue weighted by atomic mass is 16.5. The minimum absolute atomic E-state index is 0.0812. The van der Waals surface area contributed by atoms with Crippen molar-refractivity contribution in [2.75, 3.05) is 19.0 Å². The normalized spacial score (nSPS) is 9.53. The van der Waals surface area contributed by atoms with Crippen LogP contribution >= 0.6 is 0 Å². The van der Waals surface area contributed by atoms with Gasteiger partial charge in [0.05, 0.1) is 12.8 Å². The van der Waals surface area contributed by atoms with E-state index in [4.69, 9.17) is 5.11 Å². The number of esters is 1. The summed E-state index contributed by atoms with van der Waals surface area (Å²) in [6.07, 6.45) is 0. The zero-order chi connectivity index (χ0) is 14.4. The van der Waals surface area contributed by atoms with E-state index in [1.54, 1.807) is 0 Å². The molecule has 1 aromatic carbocycles. The maximum absolute atomic E-state index is 11.4. The number of carboxylic acid groups (broad SMARTS) is 1. The van der Waals surface area contributed by atoms with Crippen LogP contribution in [0.4, 0.5) is 10.5 Å². The summed E-state index contributed by atoms with van der Waals surface area (Å²) in [5, 5.41) is 22.8. The van der Waals surface area contributed by atoms with Gasteiger partial charge >= 0.3 is 18.0 Å². The molecule has 0 aromatic heterocycles. The fraction of sp³-hybridized carbons (Fsp3) is 0.182. The molecule has 102 valence electrons. The van der Waals surface area contributed by atoms with Gasteiger partial charge in [-0.3, -0.25) is 4.79 Å². The first-order valence-corrected chi connectivity index (χ1v) is 5.12. The minimum Gasteiger partial charge on any atom is -0.505 e. The zero-order valence-electron chi connectivity index (χ0n) is 9.97. The number of rotatable bonds is 4. The molecule has 0 atom stereocenters. The Labute approximate surface area is 108 Å². The van der Waals surface area contributed by atoms with Crippen LogP contribution in [0.3, 0.4) is 0 Å². The summed E-state index contributed by atoms with van der Waals surface area (Å²) in [7, 11) is 1.17. The number of carbonyl (C=O) groups excluding carboxylic acids is 2. The van der Waals surface area contributed by atoms with Gasteiger partial charge in [0.25, 0.3) is 0 Å². The smallest absolute Gasteiger partial charge is 0.339 e. The molecule has 0 heterocycles. The monoisotopic (exact) mass is 268 g/mol. The van der Waals surface area contributed by atoms with Crippen molar-refractivity contribution in [2.45, 2.75) is 0 Å². The zero-order valence-corrected chi connectivity index (χ0v) is 9.97. The highest BCUT2D eigenvalue weighted by Gasteiger charge is 2.14. The molecule has 0 spiro atoms. The Balaban J connectivity index is 2.72. The van der Waals surface area contributed by atoms with Crippen molar-refractivity contribution in [1.29, 1.82) is 0 Å². The number of urea groups is 1. The molecule has 0 aliphatic heterocycles. The van der Waals surface area contributed by atoms with Crippen molar-refractivity contribution in [3.8, 4) is 5.75 Å². The van der Waals surface area contributed by atoms with E-state index in [1.807, 2.05) is 0 Å². The Hall–Kier alpha value is -2.77. The predicted octanol–water partition coefficient (Wildman–Crippen LogP) is 0.385. The second-order valence-electron chi connectivity index (χ2n) is 3.39. The summed E-state index contributed by atoms with van der Waals surface area (Å²) in [6, 6.07) is 3.09. The number of amides is 2. The number of anilines is 1. The summed E-state index contributed by atoms with van der Waals surface area (Å²) < 4.78 is 4.32. The Morgan fingerprint density at radius 1 is 1.32 bits per heavy atom. The van der Waals surface area contributed by atoms with E-state index in [2.05, 4.69) is 15.4 Å². The van der Waals surface area contributed by atoms with Gasteiger partial charge in [-0.25, -0.2) is 9.59 Å². The number of phenols is 1. The number of carbonyl (C=O) groups is 3. The third-order valence-electron chi connectivity index (χ3n) is 2.14. The first-order chi connectivity index (χ1) is 8.95. The summed E-state index contributed by atoms with van der Waals surface area (Å²) >= 11 is 0. The van der Waals surface area contributed by atoms with Crippen LogP contribution in [0.5, 0.6) is 5.75 Å². The standard InChI is InChI=1S/C11H12N2O6/c1-19-8(14)5-12-11(18)13-7-4-2-3-6(9(7)15)10(16)17/h2-4,15H,5H2,1H3,(H,16,17)(H2,12,13,18). The Kier molecular flexibility index (Phi) is 4.69. The van der Waals surface area contributed by atoms with E-state index in [0.29, 0.717) is 0 Å². The molecule has 0 saturated carbocycles. The number of hydrogen-bond acceptors (Lipinski definition) is 5. The van der Waals surface area contributed by atoms with Crippen LogP contribution in [0, 0.1) is 0 Å². The number of aromatic carboxylic acids is 1. The third-order valence-corrected chi connectivity index (χ3v) is 2.14. The molecule has 0 aliphatic rings. The van der Waals surface area contributed by atoms with Crippen molar-refractivity contribution in [2.24, 2.45) is 0 Å². The van der Waals surface area contributed by atoms with Crippen LogP contribution in [0.15, 0.2) is 18.2 Å². The van der Waals surface area contributed by atoms with E-state index in [9.17, 15) is 19.5 Å². The lowest BCUT2D eigenvalue weighted by Gasteiger charge is -2.09. The Morgan fingerprint density at radius 3 is 2.58 bits per heavy atom. The summed E-state index contributed by atoms with van der Waals surface area (Å²) in [4.78, 5) is 32.9. The first-order valence-electron chi connectivity index (χ1n) is 5.12. The Morgan fingerprint density at radius 2 is 2.00 bits per heavy atom. The average Bonchev–Trinajstić information content (AvgIpc) is 2.38. The van der Waals surface area contributed by atoms with E-state index < -0.39 is 23.7 Å². The summed E-state index contributed by atoms with van der Waals surface area (Å²) in [5.41, 5.74) is -0.423. The van der Waals surface area contributed by atoms with Gasteiger partial charge in [-0.15, -0.1) is 0 Å². The minimum atomic E-state index is -1.32. The molecule has 0 saturated heterocycles. The lowest BCUT2D eigenvalue weighted by Crippen LogP contribution is -2.33. The van der Waals surface area contributed by atoms with Gasteiger partial charge < -0.3 is 25.6 Å². The van der Waals surface area contributed by atoms with Crippen LogP contribution in [0.1, 0.15) is 10.4 Å². The highest BCUT2D eigenvalue weighted by Crippen LogP contribution is 2.27. The van der Waals surface area contributed by atoms with Crippen LogP contribution in [0.25, 0.3) is 0 Å². The number of carboxylic acids is 1. The van der Waals surface area contributed by atoms with Crippen LogP contribution in [-0.2, 0) is 9.53 Å². The molecule has 2 amide bonds. The Bertz CT molecular complexity index is 514. The van der Waals surface area contributed by atoms with Gasteiger partial charge in [0.1, 0.15) is 12.1 Å². The fourth-order valence-corrected chi connectivity index (χ4v) is 1.21. The van der Waals surface area contributed by atoms with Gasteiger partial charge in [-0.2, -0.15) is 0 Å². The molecule has 8 nitrogen and oxygen atoms in total. The molecule has 0 radical (unpaired) electrons. The van der Waals surface area contributed by atoms with Gasteiger partial charge in [0.2, 0.25) is 0 Å². The van der Waals surface area contributed by atoms with Crippen LogP contribution in [0.2, 0.25) is 0 Å². The molecule has 19 heavy (non-hydrogen) atoms. The molecule has 0 unspecified atom stereocenters.